The van der Waals surface area contributed by atoms with Gasteiger partial charge < -0.3 is 10.4 Å². The minimum Gasteiger partial charge on any atom is -0.480 e. The number of aliphatic carboxylic acids is 1. The second-order valence-corrected chi connectivity index (χ2v) is 4.64. The summed E-state index contributed by atoms with van der Waals surface area (Å²) < 4.78 is 0. The molecule has 0 radical (unpaired) electrons. The molecule has 1 saturated heterocycles. The standard InChI is InChI=1S/C8H14N2O3S/c1-4(8(12)13)9-7(11)6-3-14-5(2)10-6/h4-6,10H,3H2,1-2H3,(H,9,11)(H,12,13)/t4-,5?,6?/m0/s1. The smallest absolute Gasteiger partial charge is 0.325 e. The van der Waals surface area contributed by atoms with E-state index in [0.717, 1.165) is 0 Å². The number of carboxylic acids is 1. The Kier molecular flexibility index (Phi) is 3.77. The third kappa shape index (κ3) is 2.88. The average Bonchev–Trinajstić information content (AvgIpc) is 2.51. The highest BCUT2D eigenvalue weighted by Gasteiger charge is 2.28. The van der Waals surface area contributed by atoms with Gasteiger partial charge in [-0.1, -0.05) is 0 Å². The van der Waals surface area contributed by atoms with E-state index in [-0.39, 0.29) is 17.3 Å². The quantitative estimate of drug-likeness (QED) is 0.602. The van der Waals surface area contributed by atoms with Crippen LogP contribution in [0.5, 0.6) is 0 Å². The Morgan fingerprint density at radius 2 is 2.29 bits per heavy atom. The lowest BCUT2D eigenvalue weighted by atomic mass is 10.2. The van der Waals surface area contributed by atoms with E-state index in [4.69, 9.17) is 5.11 Å². The molecule has 0 spiro atoms. The molecule has 80 valence electrons. The Balaban J connectivity index is 2.39. The molecule has 3 atom stereocenters. The Morgan fingerprint density at radius 3 is 2.71 bits per heavy atom. The van der Waals surface area contributed by atoms with Gasteiger partial charge in [0.25, 0.3) is 0 Å². The normalized spacial score (nSPS) is 28.4. The van der Waals surface area contributed by atoms with Crippen LogP contribution >= 0.6 is 11.8 Å². The summed E-state index contributed by atoms with van der Waals surface area (Å²) in [6.07, 6.45) is 0. The zero-order valence-electron chi connectivity index (χ0n) is 8.11. The maximum atomic E-state index is 11.5. The maximum Gasteiger partial charge on any atom is 0.325 e. The largest absolute Gasteiger partial charge is 0.480 e. The molecule has 5 nitrogen and oxygen atoms in total. The zero-order chi connectivity index (χ0) is 10.7. The summed E-state index contributed by atoms with van der Waals surface area (Å²) in [6, 6.07) is -1.10. The van der Waals surface area contributed by atoms with Crippen LogP contribution in [-0.4, -0.2) is 40.2 Å². The predicted octanol–water partition coefficient (Wildman–Crippen LogP) is -0.373. The number of nitrogens with one attached hydrogen (secondary N) is 2. The molecule has 14 heavy (non-hydrogen) atoms. The fourth-order valence-electron chi connectivity index (χ4n) is 1.15. The molecule has 0 saturated carbocycles. The van der Waals surface area contributed by atoms with Crippen LogP contribution < -0.4 is 10.6 Å². The summed E-state index contributed by atoms with van der Waals surface area (Å²) in [5.41, 5.74) is 0. The van der Waals surface area contributed by atoms with Gasteiger partial charge >= 0.3 is 5.97 Å². The van der Waals surface area contributed by atoms with Crippen molar-refractivity contribution in [3.63, 3.8) is 0 Å². The molecular weight excluding hydrogens is 204 g/mol. The molecule has 0 aromatic carbocycles. The molecular formula is C8H14N2O3S. The van der Waals surface area contributed by atoms with Crippen LogP contribution in [0.4, 0.5) is 0 Å². The molecule has 6 heteroatoms. The van der Waals surface area contributed by atoms with Crippen LogP contribution in [-0.2, 0) is 9.59 Å². The highest BCUT2D eigenvalue weighted by Crippen LogP contribution is 2.17. The van der Waals surface area contributed by atoms with E-state index in [0.29, 0.717) is 5.75 Å². The molecule has 1 aliphatic heterocycles. The van der Waals surface area contributed by atoms with Crippen molar-refractivity contribution in [1.82, 2.24) is 10.6 Å². The Morgan fingerprint density at radius 1 is 1.64 bits per heavy atom. The van der Waals surface area contributed by atoms with Gasteiger partial charge in [-0.25, -0.2) is 0 Å². The molecule has 0 aromatic rings. The van der Waals surface area contributed by atoms with Crippen molar-refractivity contribution in [2.24, 2.45) is 0 Å². The Hall–Kier alpha value is -0.750. The van der Waals surface area contributed by atoms with Crippen molar-refractivity contribution in [2.45, 2.75) is 31.3 Å². The van der Waals surface area contributed by atoms with Crippen molar-refractivity contribution < 1.29 is 14.7 Å². The number of hydrogen-bond acceptors (Lipinski definition) is 4. The first-order valence-corrected chi connectivity index (χ1v) is 5.46. The van der Waals surface area contributed by atoms with Crippen LogP contribution in [0.15, 0.2) is 0 Å². The van der Waals surface area contributed by atoms with Crippen LogP contribution in [0.25, 0.3) is 0 Å². The van der Waals surface area contributed by atoms with Crippen molar-refractivity contribution in [3.05, 3.63) is 0 Å². The molecule has 2 unspecified atom stereocenters. The fourth-order valence-corrected chi connectivity index (χ4v) is 2.14. The average molecular weight is 218 g/mol. The SMILES string of the molecule is CC1NC(C(=O)N[C@@H](C)C(=O)O)CS1. The minimum absolute atomic E-state index is 0.239. The Labute approximate surface area is 86.6 Å². The van der Waals surface area contributed by atoms with Crippen LogP contribution in [0.1, 0.15) is 13.8 Å². The second-order valence-electron chi connectivity index (χ2n) is 3.26. The molecule has 1 fully saturated rings. The number of amides is 1. The lowest BCUT2D eigenvalue weighted by Crippen LogP contribution is -2.48. The van der Waals surface area contributed by atoms with Gasteiger partial charge in [-0.05, 0) is 13.8 Å². The third-order valence-electron chi connectivity index (χ3n) is 1.99. The van der Waals surface area contributed by atoms with E-state index in [2.05, 4.69) is 10.6 Å². The first-order chi connectivity index (χ1) is 6.50. The van der Waals surface area contributed by atoms with Gasteiger partial charge in [0.1, 0.15) is 6.04 Å². The maximum absolute atomic E-state index is 11.5. The van der Waals surface area contributed by atoms with Crippen LogP contribution in [0, 0.1) is 0 Å². The van der Waals surface area contributed by atoms with E-state index in [9.17, 15) is 9.59 Å². The molecule has 0 aliphatic carbocycles. The van der Waals surface area contributed by atoms with Crippen molar-refractivity contribution in [1.29, 1.82) is 0 Å². The minimum atomic E-state index is -1.02. The molecule has 1 amide bonds. The van der Waals surface area contributed by atoms with Gasteiger partial charge in [0.2, 0.25) is 5.91 Å². The van der Waals surface area contributed by atoms with Crippen LogP contribution in [0.3, 0.4) is 0 Å². The number of carbonyl (C=O) groups excluding carboxylic acids is 1. The van der Waals surface area contributed by atoms with Gasteiger partial charge in [-0.2, -0.15) is 0 Å². The van der Waals surface area contributed by atoms with Crippen molar-refractivity contribution >= 4 is 23.6 Å². The number of carbonyl (C=O) groups is 2. The van der Waals surface area contributed by atoms with E-state index < -0.39 is 12.0 Å². The fraction of sp³-hybridized carbons (Fsp3) is 0.750. The van der Waals surface area contributed by atoms with Gasteiger partial charge in [-0.15, -0.1) is 11.8 Å². The third-order valence-corrected chi connectivity index (χ3v) is 3.16. The highest BCUT2D eigenvalue weighted by molar-refractivity contribution is 8.00. The van der Waals surface area contributed by atoms with E-state index in [1.807, 2.05) is 6.92 Å². The number of hydrogen-bond donors (Lipinski definition) is 3. The summed E-state index contributed by atoms with van der Waals surface area (Å²) >= 11 is 1.65. The highest BCUT2D eigenvalue weighted by atomic mass is 32.2. The monoisotopic (exact) mass is 218 g/mol. The molecule has 3 N–H and O–H groups in total. The molecule has 1 aliphatic rings. The number of thioether (sulfide) groups is 1. The molecule has 1 rings (SSSR count). The first kappa shape index (κ1) is 11.3. The van der Waals surface area contributed by atoms with Gasteiger partial charge in [0.05, 0.1) is 11.4 Å². The zero-order valence-corrected chi connectivity index (χ0v) is 8.93. The predicted molar refractivity (Wildman–Crippen MR) is 54.1 cm³/mol. The lowest BCUT2D eigenvalue weighted by molar-refractivity contribution is -0.141. The summed E-state index contributed by atoms with van der Waals surface area (Å²) in [7, 11) is 0. The molecule has 0 bridgehead atoms. The van der Waals surface area contributed by atoms with E-state index >= 15 is 0 Å². The van der Waals surface area contributed by atoms with Crippen LogP contribution in [0.2, 0.25) is 0 Å². The van der Waals surface area contributed by atoms with E-state index in [1.54, 1.807) is 11.8 Å². The summed E-state index contributed by atoms with van der Waals surface area (Å²) in [4.78, 5) is 21.9. The van der Waals surface area contributed by atoms with Crippen molar-refractivity contribution in [3.8, 4) is 0 Å². The van der Waals surface area contributed by atoms with Gasteiger partial charge in [0, 0.05) is 5.75 Å². The van der Waals surface area contributed by atoms with Crippen molar-refractivity contribution in [2.75, 3.05) is 5.75 Å². The second kappa shape index (κ2) is 4.65. The first-order valence-electron chi connectivity index (χ1n) is 4.41. The Bertz CT molecular complexity index is 247. The topological polar surface area (TPSA) is 78.4 Å². The van der Waals surface area contributed by atoms with E-state index in [1.165, 1.54) is 6.92 Å². The summed E-state index contributed by atoms with van der Waals surface area (Å²) in [5.74, 6) is -0.562. The molecule has 0 aromatic heterocycles. The van der Waals surface area contributed by atoms with Gasteiger partial charge in [-0.3, -0.25) is 14.9 Å². The molecule has 1 heterocycles. The van der Waals surface area contributed by atoms with Gasteiger partial charge in [0.15, 0.2) is 0 Å². The summed E-state index contributed by atoms with van der Waals surface area (Å²) in [5, 5.41) is 14.3. The number of carboxylic acid groups (broad SMARTS) is 1. The summed E-state index contributed by atoms with van der Waals surface area (Å²) in [6.45, 7) is 3.42. The lowest BCUT2D eigenvalue weighted by Gasteiger charge is -2.13. The number of rotatable bonds is 3.